The molecule has 0 aliphatic rings. The van der Waals surface area contributed by atoms with Crippen LogP contribution in [0.15, 0.2) is 0 Å². The zero-order valence-electron chi connectivity index (χ0n) is 40.6. The Labute approximate surface area is 368 Å². The van der Waals surface area contributed by atoms with Crippen molar-refractivity contribution in [2.45, 2.75) is 232 Å². The van der Waals surface area contributed by atoms with E-state index in [4.69, 9.17) is 17.5 Å². The van der Waals surface area contributed by atoms with E-state index in [1.54, 1.807) is 0 Å². The Morgan fingerprint density at radius 1 is 0.373 bits per heavy atom. The van der Waals surface area contributed by atoms with Gasteiger partial charge in [0, 0.05) is 23.2 Å². The number of amides is 2. The molecule has 0 saturated carbocycles. The van der Waals surface area contributed by atoms with Crippen LogP contribution in [0.3, 0.4) is 0 Å². The van der Waals surface area contributed by atoms with Crippen molar-refractivity contribution < 1.29 is 36.1 Å². The molecule has 0 rings (SSSR count). The third-order valence-corrected chi connectivity index (χ3v) is 10.7. The van der Waals surface area contributed by atoms with Gasteiger partial charge in [-0.2, -0.15) is 0 Å². The van der Waals surface area contributed by atoms with Crippen molar-refractivity contribution in [2.24, 2.45) is 0 Å². The van der Waals surface area contributed by atoms with Crippen LogP contribution in [0.5, 0.6) is 0 Å². The van der Waals surface area contributed by atoms with Gasteiger partial charge in [-0.25, -0.2) is 0 Å². The first kappa shape index (κ1) is 62.0. The van der Waals surface area contributed by atoms with Crippen LogP contribution in [0.25, 0.3) is 0 Å². The van der Waals surface area contributed by atoms with Gasteiger partial charge in [-0.15, -0.1) is 0 Å². The molecule has 2 amide bonds. The van der Waals surface area contributed by atoms with Crippen molar-refractivity contribution in [2.75, 3.05) is 68.5 Å². The minimum atomic E-state index is -5.17. The van der Waals surface area contributed by atoms with Crippen molar-refractivity contribution >= 4 is 22.2 Å². The van der Waals surface area contributed by atoms with Crippen LogP contribution in [0.4, 0.5) is 0 Å². The van der Waals surface area contributed by atoms with Gasteiger partial charge in [0.25, 0.3) is 0 Å². The van der Waals surface area contributed by atoms with Crippen molar-refractivity contribution in [1.82, 2.24) is 10.6 Å². The summed E-state index contributed by atoms with van der Waals surface area (Å²) in [6.45, 7) is 8.14. The number of rotatable bonds is 40. The highest BCUT2D eigenvalue weighted by molar-refractivity contribution is 7.79. The maximum absolute atomic E-state index is 11.8. The summed E-state index contributed by atoms with van der Waals surface area (Å²) >= 11 is 0. The third kappa shape index (κ3) is 71.6. The summed E-state index contributed by atoms with van der Waals surface area (Å²) in [5.41, 5.74) is 0. The van der Waals surface area contributed by atoms with Crippen LogP contribution in [0.2, 0.25) is 0 Å². The summed E-state index contributed by atoms with van der Waals surface area (Å²) in [6, 6.07) is 0. The molecule has 0 atom stereocenters. The lowest BCUT2D eigenvalue weighted by molar-refractivity contribution is -0.869. The zero-order valence-corrected chi connectivity index (χ0v) is 41.4. The van der Waals surface area contributed by atoms with Crippen LogP contribution in [0, 0.1) is 0 Å². The second kappa shape index (κ2) is 44.8. The SMILES string of the molecule is CCCCCCCCCCCCCCCCCCC(=O)NCC[N+](C)(C)C.CCCCCCCCCCCCCCCCCCC(=O)NCC[N+](C)(C)C.O=S(=O)([O-])[O-]. The summed E-state index contributed by atoms with van der Waals surface area (Å²) in [7, 11) is 7.76. The molecule has 0 aromatic heterocycles. The lowest BCUT2D eigenvalue weighted by Gasteiger charge is -2.23. The van der Waals surface area contributed by atoms with Crippen molar-refractivity contribution in [3.05, 3.63) is 0 Å². The Balaban J connectivity index is -0.000000951. The van der Waals surface area contributed by atoms with E-state index in [2.05, 4.69) is 66.8 Å². The molecule has 10 nitrogen and oxygen atoms in total. The second-order valence-electron chi connectivity index (χ2n) is 19.2. The summed E-state index contributed by atoms with van der Waals surface area (Å²) in [5.74, 6) is 0.461. The molecule has 0 aliphatic carbocycles. The number of nitrogens with zero attached hydrogens (tertiary/aromatic N) is 2. The van der Waals surface area contributed by atoms with Gasteiger partial charge in [0.15, 0.2) is 0 Å². The Morgan fingerprint density at radius 2 is 0.542 bits per heavy atom. The van der Waals surface area contributed by atoms with Gasteiger partial charge >= 0.3 is 0 Å². The molecule has 59 heavy (non-hydrogen) atoms. The molecule has 0 heterocycles. The lowest BCUT2D eigenvalue weighted by Crippen LogP contribution is -2.41. The van der Waals surface area contributed by atoms with Crippen LogP contribution < -0.4 is 10.6 Å². The summed E-state index contributed by atoms with van der Waals surface area (Å²) in [4.78, 5) is 23.5. The molecule has 0 aromatic carbocycles. The van der Waals surface area contributed by atoms with E-state index in [-0.39, 0.29) is 11.8 Å². The molecule has 11 heteroatoms. The van der Waals surface area contributed by atoms with E-state index in [0.29, 0.717) is 12.8 Å². The maximum atomic E-state index is 11.8. The summed E-state index contributed by atoms with van der Waals surface area (Å²) < 4.78 is 35.9. The Kier molecular flexibility index (Phi) is 47.1. The highest BCUT2D eigenvalue weighted by atomic mass is 32.3. The Bertz CT molecular complexity index is 926. The Morgan fingerprint density at radius 3 is 0.712 bits per heavy atom. The number of hydrogen-bond donors (Lipinski definition) is 2. The molecule has 0 fully saturated rings. The van der Waals surface area contributed by atoms with Crippen molar-refractivity contribution in [3.8, 4) is 0 Å². The van der Waals surface area contributed by atoms with Gasteiger partial charge in [0.2, 0.25) is 11.8 Å². The molecule has 356 valence electrons. The number of unbranched alkanes of at least 4 members (excludes halogenated alkanes) is 30. The first-order valence-electron chi connectivity index (χ1n) is 24.7. The number of quaternary nitrogens is 2. The first-order chi connectivity index (χ1) is 27.9. The molecule has 0 aliphatic heterocycles. The predicted molar refractivity (Wildman–Crippen MR) is 251 cm³/mol. The largest absolute Gasteiger partial charge is 0.759 e. The topological polar surface area (TPSA) is 138 Å². The van der Waals surface area contributed by atoms with Gasteiger partial charge in [0.1, 0.15) is 0 Å². The fourth-order valence-corrected chi connectivity index (χ4v) is 6.91. The lowest BCUT2D eigenvalue weighted by atomic mass is 10.0. The highest BCUT2D eigenvalue weighted by Gasteiger charge is 2.09. The third-order valence-electron chi connectivity index (χ3n) is 10.7. The van der Waals surface area contributed by atoms with Crippen LogP contribution in [-0.2, 0) is 20.0 Å². The van der Waals surface area contributed by atoms with E-state index in [0.717, 1.165) is 48.0 Å². The fourth-order valence-electron chi connectivity index (χ4n) is 6.91. The molecule has 0 bridgehead atoms. The number of carbonyl (C=O) groups is 2. The molecule has 2 N–H and O–H groups in total. The number of nitrogens with one attached hydrogen (secondary N) is 2. The number of hydrogen-bond acceptors (Lipinski definition) is 6. The van der Waals surface area contributed by atoms with Gasteiger partial charge in [-0.05, 0) is 12.8 Å². The molecule has 0 spiro atoms. The smallest absolute Gasteiger partial charge is 0.220 e. The summed E-state index contributed by atoms with van der Waals surface area (Å²) in [5, 5.41) is 6.07. The normalized spacial score (nSPS) is 11.7. The quantitative estimate of drug-likeness (QED) is 0.0272. The van der Waals surface area contributed by atoms with Crippen LogP contribution >= 0.6 is 0 Å². The minimum absolute atomic E-state index is 0.230. The van der Waals surface area contributed by atoms with Gasteiger partial charge in [-0.3, -0.25) is 18.0 Å². The van der Waals surface area contributed by atoms with E-state index in [1.807, 2.05) is 0 Å². The fraction of sp³-hybridized carbons (Fsp3) is 0.958. The molecule has 0 aromatic rings. The van der Waals surface area contributed by atoms with Gasteiger partial charge < -0.3 is 28.7 Å². The standard InChI is InChI=1S/2C24H50N2O.H2O4S/c2*1-5-6-7-8-9-10-11-12-13-14-15-16-17-18-19-20-21-24(27)25-22-23-26(2,3)4;1-5(2,3)4/h2*5-23H2,1-4H3;(H2,1,2,3,4). The maximum Gasteiger partial charge on any atom is 0.220 e. The summed E-state index contributed by atoms with van der Waals surface area (Å²) in [6.07, 6.45) is 45.4. The van der Waals surface area contributed by atoms with Gasteiger partial charge in [0.05, 0.1) is 68.5 Å². The van der Waals surface area contributed by atoms with Crippen molar-refractivity contribution in [1.29, 1.82) is 0 Å². The molecule has 0 radical (unpaired) electrons. The monoisotopic (exact) mass is 863 g/mol. The highest BCUT2D eigenvalue weighted by Crippen LogP contribution is 2.15. The molecule has 0 unspecified atom stereocenters. The zero-order chi connectivity index (χ0) is 44.9. The van der Waals surface area contributed by atoms with E-state index >= 15 is 0 Å². The van der Waals surface area contributed by atoms with Crippen LogP contribution in [-0.4, -0.2) is 107 Å². The number of carbonyl (C=O) groups excluding carboxylic acids is 2. The van der Waals surface area contributed by atoms with E-state index in [1.165, 1.54) is 193 Å². The van der Waals surface area contributed by atoms with E-state index < -0.39 is 10.4 Å². The van der Waals surface area contributed by atoms with E-state index in [9.17, 15) is 9.59 Å². The minimum Gasteiger partial charge on any atom is -0.759 e. The predicted octanol–water partition coefficient (Wildman–Crippen LogP) is 11.6. The van der Waals surface area contributed by atoms with Gasteiger partial charge in [-0.1, -0.05) is 206 Å². The van der Waals surface area contributed by atoms with Crippen LogP contribution in [0.1, 0.15) is 232 Å². The average Bonchev–Trinajstić information content (AvgIpc) is 3.13. The van der Waals surface area contributed by atoms with Crippen molar-refractivity contribution in [3.63, 3.8) is 0 Å². The molecular formula is C48H102N4O6S. The molecule has 0 saturated heterocycles. The molecular weight excluding hydrogens is 761 g/mol. The average molecular weight is 863 g/mol. The number of likely N-dealkylation sites (N-methyl/N-ethyl adjacent to an activating group) is 2. The first-order valence-corrected chi connectivity index (χ1v) is 26.1. The second-order valence-corrected chi connectivity index (χ2v) is 20.1. The Hall–Kier alpha value is -1.27.